The van der Waals surface area contributed by atoms with Gasteiger partial charge in [0.2, 0.25) is 0 Å². The van der Waals surface area contributed by atoms with Crippen molar-refractivity contribution in [3.63, 3.8) is 0 Å². The summed E-state index contributed by atoms with van der Waals surface area (Å²) in [7, 11) is 1.83. The number of nitrogens with zero attached hydrogens (tertiary/aromatic N) is 2. The molecule has 19 heavy (non-hydrogen) atoms. The molecule has 0 radical (unpaired) electrons. The van der Waals surface area contributed by atoms with Crippen molar-refractivity contribution in [2.24, 2.45) is 7.05 Å². The Morgan fingerprint density at radius 1 is 1.53 bits per heavy atom. The molecule has 1 unspecified atom stereocenters. The lowest BCUT2D eigenvalue weighted by molar-refractivity contribution is -0.119. The third-order valence-corrected chi connectivity index (χ3v) is 3.64. The first-order valence-electron chi connectivity index (χ1n) is 6.19. The van der Waals surface area contributed by atoms with Gasteiger partial charge < -0.3 is 14.2 Å². The number of amides is 1. The van der Waals surface area contributed by atoms with Gasteiger partial charge in [-0.25, -0.2) is 0 Å². The highest BCUT2D eigenvalue weighted by Crippen LogP contribution is 2.19. The summed E-state index contributed by atoms with van der Waals surface area (Å²) >= 11 is 3.36. The number of hydrogen-bond donors (Lipinski definition) is 0. The molecule has 2 heterocycles. The number of hydrogen-bond acceptors (Lipinski definition) is 3. The number of Topliss-reactive ketones (excluding diaryl/α,β-unsaturated/α-hetero) is 1. The van der Waals surface area contributed by atoms with E-state index in [-0.39, 0.29) is 17.7 Å². The minimum Gasteiger partial charge on any atom is -0.377 e. The van der Waals surface area contributed by atoms with Gasteiger partial charge in [0.05, 0.1) is 19.3 Å². The number of aryl methyl sites for hydroxylation is 1. The Kier molecular flexibility index (Phi) is 4.42. The number of ketones is 1. The summed E-state index contributed by atoms with van der Waals surface area (Å²) in [6.07, 6.45) is 2.19. The van der Waals surface area contributed by atoms with Crippen molar-refractivity contribution in [3.05, 3.63) is 22.4 Å². The van der Waals surface area contributed by atoms with Gasteiger partial charge in [-0.15, -0.1) is 0 Å². The van der Waals surface area contributed by atoms with Crippen LogP contribution in [0.25, 0.3) is 0 Å². The first kappa shape index (κ1) is 14.3. The topological polar surface area (TPSA) is 51.5 Å². The van der Waals surface area contributed by atoms with E-state index in [1.165, 1.54) is 6.92 Å². The Hall–Kier alpha value is -1.14. The van der Waals surface area contributed by atoms with Crippen LogP contribution in [0.2, 0.25) is 0 Å². The summed E-state index contributed by atoms with van der Waals surface area (Å²) in [5, 5.41) is 0. The highest BCUT2D eigenvalue weighted by molar-refractivity contribution is 9.10. The van der Waals surface area contributed by atoms with Gasteiger partial charge in [-0.1, -0.05) is 0 Å². The fourth-order valence-corrected chi connectivity index (χ4v) is 2.83. The van der Waals surface area contributed by atoms with Gasteiger partial charge >= 0.3 is 0 Å². The van der Waals surface area contributed by atoms with E-state index in [1.807, 2.05) is 13.2 Å². The molecule has 1 aromatic rings. The lowest BCUT2D eigenvalue weighted by atomic mass is 10.1. The summed E-state index contributed by atoms with van der Waals surface area (Å²) in [4.78, 5) is 25.6. The van der Waals surface area contributed by atoms with Crippen LogP contribution in [0.5, 0.6) is 0 Å². The molecular formula is C13H17BrN2O3. The molecule has 0 aliphatic carbocycles. The molecule has 0 N–H and O–H groups in total. The van der Waals surface area contributed by atoms with Gasteiger partial charge in [-0.2, -0.15) is 0 Å². The summed E-state index contributed by atoms with van der Waals surface area (Å²) < 4.78 is 8.03. The summed E-state index contributed by atoms with van der Waals surface area (Å²) in [5.74, 6) is 0.0177. The van der Waals surface area contributed by atoms with Crippen LogP contribution >= 0.6 is 15.9 Å². The second-order valence-electron chi connectivity index (χ2n) is 4.79. The molecule has 0 aromatic carbocycles. The lowest BCUT2D eigenvalue weighted by Gasteiger charge is -2.35. The number of carbonyl (C=O) groups is 2. The van der Waals surface area contributed by atoms with Crippen molar-refractivity contribution in [1.29, 1.82) is 0 Å². The van der Waals surface area contributed by atoms with E-state index in [0.717, 1.165) is 4.47 Å². The quantitative estimate of drug-likeness (QED) is 0.847. The molecule has 0 spiro atoms. The number of morpholine rings is 1. The fourth-order valence-electron chi connectivity index (χ4n) is 2.31. The maximum Gasteiger partial charge on any atom is 0.270 e. The molecule has 104 valence electrons. The van der Waals surface area contributed by atoms with Crippen molar-refractivity contribution in [1.82, 2.24) is 9.47 Å². The van der Waals surface area contributed by atoms with Crippen molar-refractivity contribution < 1.29 is 14.3 Å². The van der Waals surface area contributed by atoms with Crippen LogP contribution in [-0.2, 0) is 16.6 Å². The molecule has 1 atom stereocenters. The summed E-state index contributed by atoms with van der Waals surface area (Å²) in [5.41, 5.74) is 0.613. The summed E-state index contributed by atoms with van der Waals surface area (Å²) in [6, 6.07) is 1.63. The molecule has 6 heteroatoms. The van der Waals surface area contributed by atoms with E-state index in [2.05, 4.69) is 15.9 Å². The van der Waals surface area contributed by atoms with Crippen LogP contribution in [-0.4, -0.2) is 47.0 Å². The van der Waals surface area contributed by atoms with Gasteiger partial charge in [0.25, 0.3) is 5.91 Å². The van der Waals surface area contributed by atoms with Gasteiger partial charge in [0, 0.05) is 30.7 Å². The fraction of sp³-hybridized carbons (Fsp3) is 0.538. The molecule has 5 nitrogen and oxygen atoms in total. The third-order valence-electron chi connectivity index (χ3n) is 3.20. The first-order chi connectivity index (χ1) is 8.99. The zero-order valence-electron chi connectivity index (χ0n) is 11.1. The van der Waals surface area contributed by atoms with Crippen LogP contribution in [0.3, 0.4) is 0 Å². The van der Waals surface area contributed by atoms with Crippen LogP contribution in [0.15, 0.2) is 16.7 Å². The number of halogens is 1. The average Bonchev–Trinajstić information content (AvgIpc) is 2.67. The minimum absolute atomic E-state index is 0.0530. The van der Waals surface area contributed by atoms with E-state index in [4.69, 9.17) is 4.74 Å². The Morgan fingerprint density at radius 3 is 2.84 bits per heavy atom. The number of rotatable bonds is 3. The smallest absolute Gasteiger partial charge is 0.270 e. The van der Waals surface area contributed by atoms with E-state index >= 15 is 0 Å². The predicted molar refractivity (Wildman–Crippen MR) is 74.1 cm³/mol. The standard InChI is InChI=1S/C13H17BrN2O3/c1-9(17)5-11-8-19-4-3-16(11)13(18)12-6-10(14)7-15(12)2/h6-7,11H,3-5,8H2,1-2H3. The number of aromatic nitrogens is 1. The Labute approximate surface area is 120 Å². The SMILES string of the molecule is CC(=O)CC1COCCN1C(=O)c1cc(Br)cn1C. The summed E-state index contributed by atoms with van der Waals surface area (Å²) in [6.45, 7) is 3.01. The van der Waals surface area contributed by atoms with Crippen LogP contribution in [0, 0.1) is 0 Å². The molecule has 1 aliphatic rings. The van der Waals surface area contributed by atoms with Gasteiger partial charge in [-0.3, -0.25) is 9.59 Å². The van der Waals surface area contributed by atoms with Crippen LogP contribution in [0.4, 0.5) is 0 Å². The minimum atomic E-state index is -0.160. The van der Waals surface area contributed by atoms with Crippen molar-refractivity contribution in [2.45, 2.75) is 19.4 Å². The third kappa shape index (κ3) is 3.25. The largest absolute Gasteiger partial charge is 0.377 e. The first-order valence-corrected chi connectivity index (χ1v) is 6.98. The zero-order valence-corrected chi connectivity index (χ0v) is 12.6. The van der Waals surface area contributed by atoms with Crippen LogP contribution < -0.4 is 0 Å². The predicted octanol–water partition coefficient (Wildman–Crippen LogP) is 1.61. The molecule has 1 saturated heterocycles. The van der Waals surface area contributed by atoms with Crippen molar-refractivity contribution in [3.8, 4) is 0 Å². The number of carbonyl (C=O) groups excluding carboxylic acids is 2. The monoisotopic (exact) mass is 328 g/mol. The molecule has 2 rings (SSSR count). The van der Waals surface area contributed by atoms with Crippen LogP contribution in [0.1, 0.15) is 23.8 Å². The van der Waals surface area contributed by atoms with Gasteiger partial charge in [0.1, 0.15) is 11.5 Å². The normalized spacial score (nSPS) is 19.5. The molecular weight excluding hydrogens is 312 g/mol. The molecule has 1 aromatic heterocycles. The van der Waals surface area contributed by atoms with Crippen molar-refractivity contribution >= 4 is 27.6 Å². The highest BCUT2D eigenvalue weighted by atomic mass is 79.9. The molecule has 1 aliphatic heterocycles. The molecule has 0 saturated carbocycles. The van der Waals surface area contributed by atoms with E-state index in [1.54, 1.807) is 15.5 Å². The Balaban J connectivity index is 2.19. The van der Waals surface area contributed by atoms with Gasteiger partial charge in [-0.05, 0) is 28.9 Å². The maximum atomic E-state index is 12.5. The van der Waals surface area contributed by atoms with Crippen molar-refractivity contribution in [2.75, 3.05) is 19.8 Å². The van der Waals surface area contributed by atoms with E-state index in [0.29, 0.717) is 31.9 Å². The highest BCUT2D eigenvalue weighted by Gasteiger charge is 2.30. The Bertz CT molecular complexity index is 498. The second kappa shape index (κ2) is 5.88. The molecule has 0 bridgehead atoms. The molecule has 1 fully saturated rings. The van der Waals surface area contributed by atoms with Gasteiger partial charge in [0.15, 0.2) is 0 Å². The van der Waals surface area contributed by atoms with E-state index < -0.39 is 0 Å². The van der Waals surface area contributed by atoms with E-state index in [9.17, 15) is 9.59 Å². The second-order valence-corrected chi connectivity index (χ2v) is 5.70. The lowest BCUT2D eigenvalue weighted by Crippen LogP contribution is -2.49. The maximum absolute atomic E-state index is 12.5. The average molecular weight is 329 g/mol. The molecule has 1 amide bonds. The zero-order chi connectivity index (χ0) is 14.0. The Morgan fingerprint density at radius 2 is 2.26 bits per heavy atom. The number of ether oxygens (including phenoxy) is 1.